The predicted molar refractivity (Wildman–Crippen MR) is 109 cm³/mol. The predicted octanol–water partition coefficient (Wildman–Crippen LogP) is 3.88. The summed E-state index contributed by atoms with van der Waals surface area (Å²) < 4.78 is 24.3. The van der Waals surface area contributed by atoms with Crippen LogP contribution in [0.4, 0.5) is 4.39 Å². The van der Waals surface area contributed by atoms with Crippen LogP contribution in [0.25, 0.3) is 0 Å². The molecule has 0 bridgehead atoms. The molecule has 1 aromatic heterocycles. The molecule has 0 aliphatic rings. The number of aliphatic imine (C=N–C) groups is 1. The van der Waals surface area contributed by atoms with Crippen LogP contribution < -0.4 is 15.4 Å². The highest BCUT2D eigenvalue weighted by atomic mass is 19.1. The third-order valence-corrected chi connectivity index (χ3v) is 3.90. The molecule has 0 amide bonds. The average molecular weight is 388 g/mol. The number of halogens is 1. The van der Waals surface area contributed by atoms with Crippen molar-refractivity contribution in [3.05, 3.63) is 54.0 Å². The van der Waals surface area contributed by atoms with Crippen molar-refractivity contribution >= 4 is 5.96 Å². The van der Waals surface area contributed by atoms with Crippen LogP contribution in [0.1, 0.15) is 31.7 Å². The number of pyridine rings is 1. The fraction of sp³-hybridized carbons (Fsp3) is 0.429. The molecule has 28 heavy (non-hydrogen) atoms. The van der Waals surface area contributed by atoms with Crippen LogP contribution in [0.5, 0.6) is 11.6 Å². The standard InChI is InChI=1S/C21H29FN4O2/c1-3-4-12-27-13-6-11-24-21(23-2)26-16-17-9-10-20(25-15-17)28-19-8-5-7-18(22)14-19/h5,7-10,14-15H,3-4,6,11-13,16H2,1-2H3,(H2,23,24,26). The maximum Gasteiger partial charge on any atom is 0.219 e. The number of nitrogens with one attached hydrogen (secondary N) is 2. The summed E-state index contributed by atoms with van der Waals surface area (Å²) in [6.07, 6.45) is 4.91. The molecule has 0 aliphatic carbocycles. The van der Waals surface area contributed by atoms with Crippen molar-refractivity contribution in [3.8, 4) is 11.6 Å². The van der Waals surface area contributed by atoms with E-state index in [4.69, 9.17) is 9.47 Å². The van der Waals surface area contributed by atoms with Crippen LogP contribution in [-0.4, -0.2) is 37.7 Å². The largest absolute Gasteiger partial charge is 0.439 e. The lowest BCUT2D eigenvalue weighted by atomic mass is 10.3. The number of ether oxygens (including phenoxy) is 2. The van der Waals surface area contributed by atoms with Crippen LogP contribution in [0.3, 0.4) is 0 Å². The van der Waals surface area contributed by atoms with Crippen LogP contribution in [0.15, 0.2) is 47.6 Å². The van der Waals surface area contributed by atoms with Gasteiger partial charge >= 0.3 is 0 Å². The molecule has 2 aromatic rings. The summed E-state index contributed by atoms with van der Waals surface area (Å²) in [4.78, 5) is 8.46. The molecule has 0 atom stereocenters. The summed E-state index contributed by atoms with van der Waals surface area (Å²) in [5.41, 5.74) is 0.984. The van der Waals surface area contributed by atoms with Gasteiger partial charge in [-0.25, -0.2) is 9.37 Å². The zero-order valence-corrected chi connectivity index (χ0v) is 16.6. The summed E-state index contributed by atoms with van der Waals surface area (Å²) in [5.74, 6) is 1.22. The molecular formula is C21H29FN4O2. The van der Waals surface area contributed by atoms with Crippen molar-refractivity contribution in [2.24, 2.45) is 4.99 Å². The van der Waals surface area contributed by atoms with Crippen molar-refractivity contribution in [1.82, 2.24) is 15.6 Å². The van der Waals surface area contributed by atoms with E-state index in [1.54, 1.807) is 31.4 Å². The summed E-state index contributed by atoms with van der Waals surface area (Å²) in [6.45, 7) is 5.11. The summed E-state index contributed by atoms with van der Waals surface area (Å²) in [6, 6.07) is 9.63. The van der Waals surface area contributed by atoms with Gasteiger partial charge in [-0.05, 0) is 30.5 Å². The van der Waals surface area contributed by atoms with Crippen LogP contribution >= 0.6 is 0 Å². The van der Waals surface area contributed by atoms with Crippen LogP contribution in [-0.2, 0) is 11.3 Å². The van der Waals surface area contributed by atoms with E-state index in [9.17, 15) is 4.39 Å². The summed E-state index contributed by atoms with van der Waals surface area (Å²) >= 11 is 0. The van der Waals surface area contributed by atoms with Gasteiger partial charge in [-0.1, -0.05) is 25.5 Å². The number of hydrogen-bond donors (Lipinski definition) is 2. The van der Waals surface area contributed by atoms with Gasteiger partial charge < -0.3 is 20.1 Å². The average Bonchev–Trinajstić information content (AvgIpc) is 2.71. The van der Waals surface area contributed by atoms with Crippen molar-refractivity contribution in [2.75, 3.05) is 26.8 Å². The van der Waals surface area contributed by atoms with Gasteiger partial charge in [-0.3, -0.25) is 4.99 Å². The number of guanidine groups is 1. The minimum Gasteiger partial charge on any atom is -0.439 e. The van der Waals surface area contributed by atoms with Crippen molar-refractivity contribution in [1.29, 1.82) is 0 Å². The number of unbranched alkanes of at least 4 members (excludes halogenated alkanes) is 1. The van der Waals surface area contributed by atoms with Gasteiger partial charge in [0.1, 0.15) is 11.6 Å². The fourth-order valence-corrected chi connectivity index (χ4v) is 2.36. The van der Waals surface area contributed by atoms with E-state index in [0.29, 0.717) is 18.2 Å². The van der Waals surface area contributed by atoms with Gasteiger partial charge in [0, 0.05) is 51.7 Å². The highest BCUT2D eigenvalue weighted by molar-refractivity contribution is 5.79. The normalized spacial score (nSPS) is 11.3. The SMILES string of the molecule is CCCCOCCCNC(=NC)NCc1ccc(Oc2cccc(F)c2)nc1. The van der Waals surface area contributed by atoms with Gasteiger partial charge in [-0.2, -0.15) is 0 Å². The molecule has 0 fully saturated rings. The number of nitrogens with zero attached hydrogens (tertiary/aromatic N) is 2. The molecule has 7 heteroatoms. The second-order valence-electron chi connectivity index (χ2n) is 6.24. The Labute approximate surface area is 166 Å². The number of rotatable bonds is 11. The Kier molecular flexibility index (Phi) is 9.79. The Morgan fingerprint density at radius 1 is 1.14 bits per heavy atom. The van der Waals surface area contributed by atoms with Gasteiger partial charge in [-0.15, -0.1) is 0 Å². The highest BCUT2D eigenvalue weighted by Gasteiger charge is 2.02. The topological polar surface area (TPSA) is 67.8 Å². The van der Waals surface area contributed by atoms with E-state index in [2.05, 4.69) is 27.5 Å². The lowest BCUT2D eigenvalue weighted by Gasteiger charge is -2.12. The molecule has 0 saturated carbocycles. The van der Waals surface area contributed by atoms with E-state index in [0.717, 1.165) is 50.5 Å². The quantitative estimate of drug-likeness (QED) is 0.347. The van der Waals surface area contributed by atoms with Crippen molar-refractivity contribution in [3.63, 3.8) is 0 Å². The lowest BCUT2D eigenvalue weighted by molar-refractivity contribution is 0.129. The molecule has 152 valence electrons. The molecule has 0 radical (unpaired) electrons. The molecule has 2 rings (SSSR count). The van der Waals surface area contributed by atoms with E-state index in [1.165, 1.54) is 12.1 Å². The smallest absolute Gasteiger partial charge is 0.219 e. The first kappa shape index (κ1) is 21.6. The second kappa shape index (κ2) is 12.7. The molecule has 2 N–H and O–H groups in total. The molecule has 1 aromatic carbocycles. The van der Waals surface area contributed by atoms with Crippen molar-refractivity contribution < 1.29 is 13.9 Å². The molecule has 0 saturated heterocycles. The third-order valence-electron chi connectivity index (χ3n) is 3.90. The lowest BCUT2D eigenvalue weighted by Crippen LogP contribution is -2.37. The van der Waals surface area contributed by atoms with E-state index >= 15 is 0 Å². The summed E-state index contributed by atoms with van der Waals surface area (Å²) in [7, 11) is 1.74. The first-order chi connectivity index (χ1) is 13.7. The molecule has 0 aliphatic heterocycles. The molecule has 6 nitrogen and oxygen atoms in total. The zero-order valence-electron chi connectivity index (χ0n) is 16.6. The molecular weight excluding hydrogens is 359 g/mol. The Morgan fingerprint density at radius 3 is 2.71 bits per heavy atom. The van der Waals surface area contributed by atoms with Gasteiger partial charge in [0.15, 0.2) is 5.96 Å². The van der Waals surface area contributed by atoms with Crippen molar-refractivity contribution in [2.45, 2.75) is 32.7 Å². The Balaban J connectivity index is 1.69. The number of aromatic nitrogens is 1. The Bertz CT molecular complexity index is 723. The molecule has 1 heterocycles. The third kappa shape index (κ3) is 8.35. The molecule has 0 spiro atoms. The van der Waals surface area contributed by atoms with E-state index in [-0.39, 0.29) is 5.82 Å². The maximum absolute atomic E-state index is 13.2. The second-order valence-corrected chi connectivity index (χ2v) is 6.24. The first-order valence-electron chi connectivity index (χ1n) is 9.62. The van der Waals surface area contributed by atoms with Crippen LogP contribution in [0, 0.1) is 5.82 Å². The highest BCUT2D eigenvalue weighted by Crippen LogP contribution is 2.19. The van der Waals surface area contributed by atoms with E-state index < -0.39 is 0 Å². The summed E-state index contributed by atoms with van der Waals surface area (Å²) in [5, 5.41) is 6.50. The zero-order chi connectivity index (χ0) is 20.0. The molecule has 0 unspecified atom stereocenters. The van der Waals surface area contributed by atoms with Gasteiger partial charge in [0.2, 0.25) is 5.88 Å². The Morgan fingerprint density at radius 2 is 2.00 bits per heavy atom. The Hall–Kier alpha value is -2.67. The fourth-order valence-electron chi connectivity index (χ4n) is 2.36. The monoisotopic (exact) mass is 388 g/mol. The maximum atomic E-state index is 13.2. The number of benzene rings is 1. The van der Waals surface area contributed by atoms with Gasteiger partial charge in [0.05, 0.1) is 0 Å². The van der Waals surface area contributed by atoms with Crippen LogP contribution in [0.2, 0.25) is 0 Å². The van der Waals surface area contributed by atoms with Gasteiger partial charge in [0.25, 0.3) is 0 Å². The minimum atomic E-state index is -0.343. The first-order valence-corrected chi connectivity index (χ1v) is 9.62. The number of hydrogen-bond acceptors (Lipinski definition) is 4. The van der Waals surface area contributed by atoms with E-state index in [1.807, 2.05) is 6.07 Å². The minimum absolute atomic E-state index is 0.343.